The third-order valence-corrected chi connectivity index (χ3v) is 5.84. The second-order valence-electron chi connectivity index (χ2n) is 6.78. The molecular formula is C24H17N3O2S. The van der Waals surface area contributed by atoms with E-state index in [-0.39, 0.29) is 11.6 Å². The molecule has 5 rings (SSSR count). The van der Waals surface area contributed by atoms with Gasteiger partial charge in [-0.3, -0.25) is 0 Å². The molecule has 2 heterocycles. The van der Waals surface area contributed by atoms with E-state index >= 15 is 0 Å². The van der Waals surface area contributed by atoms with E-state index in [2.05, 4.69) is 34.3 Å². The minimum atomic E-state index is 0.00759. The molecule has 0 bridgehead atoms. The fraction of sp³-hybridized carbons (Fsp3) is 0. The van der Waals surface area contributed by atoms with E-state index in [1.807, 2.05) is 30.3 Å². The number of aromatic hydroxyl groups is 2. The summed E-state index contributed by atoms with van der Waals surface area (Å²) in [5.74, 6) is 0.177. The summed E-state index contributed by atoms with van der Waals surface area (Å²) in [6, 6.07) is 25.0. The van der Waals surface area contributed by atoms with E-state index in [4.69, 9.17) is 0 Å². The predicted molar refractivity (Wildman–Crippen MR) is 118 cm³/mol. The number of hydrogen-bond donors (Lipinski definition) is 2. The molecule has 0 spiro atoms. The Morgan fingerprint density at radius 3 is 2.03 bits per heavy atom. The Labute approximate surface area is 177 Å². The molecule has 0 aliphatic heterocycles. The van der Waals surface area contributed by atoms with Gasteiger partial charge in [0.1, 0.15) is 5.75 Å². The molecule has 146 valence electrons. The van der Waals surface area contributed by atoms with E-state index < -0.39 is 0 Å². The first-order valence-corrected chi connectivity index (χ1v) is 10.2. The summed E-state index contributed by atoms with van der Waals surface area (Å²) in [7, 11) is 0. The standard InChI is InChI=1S/C24H17N3O2S/c28-18-10-6-17(7-11-18)22-14-25-23-21(15-26-27(23)24(22)29)16-8-12-20(13-9-16)30-19-4-2-1-3-5-19/h1-15,28-29H. The van der Waals surface area contributed by atoms with Crippen LogP contribution in [0.25, 0.3) is 27.9 Å². The quantitative estimate of drug-likeness (QED) is 0.401. The van der Waals surface area contributed by atoms with Gasteiger partial charge >= 0.3 is 0 Å². The molecule has 2 aromatic heterocycles. The fourth-order valence-electron chi connectivity index (χ4n) is 3.29. The Bertz CT molecular complexity index is 1310. The highest BCUT2D eigenvalue weighted by molar-refractivity contribution is 7.99. The second kappa shape index (κ2) is 7.57. The Hall–Kier alpha value is -3.77. The summed E-state index contributed by atoms with van der Waals surface area (Å²) in [6.45, 7) is 0. The number of benzene rings is 3. The number of phenols is 1. The van der Waals surface area contributed by atoms with Crippen molar-refractivity contribution in [3.8, 4) is 33.9 Å². The minimum absolute atomic E-state index is 0.00759. The zero-order chi connectivity index (χ0) is 20.5. The normalized spacial score (nSPS) is 11.1. The topological polar surface area (TPSA) is 70.7 Å². The molecule has 0 fully saturated rings. The van der Waals surface area contributed by atoms with Crippen LogP contribution in [0.3, 0.4) is 0 Å². The molecule has 0 aliphatic rings. The lowest BCUT2D eigenvalue weighted by Crippen LogP contribution is -1.94. The largest absolute Gasteiger partial charge is 0.508 e. The van der Waals surface area contributed by atoms with Gasteiger partial charge in [0.25, 0.3) is 0 Å². The number of fused-ring (bicyclic) bond motifs is 1. The molecule has 2 N–H and O–H groups in total. The van der Waals surface area contributed by atoms with E-state index in [1.165, 1.54) is 9.41 Å². The fourth-order valence-corrected chi connectivity index (χ4v) is 4.13. The van der Waals surface area contributed by atoms with Gasteiger partial charge in [-0.15, -0.1) is 0 Å². The molecule has 0 atom stereocenters. The Morgan fingerprint density at radius 2 is 1.30 bits per heavy atom. The van der Waals surface area contributed by atoms with Crippen molar-refractivity contribution in [3.05, 3.63) is 91.3 Å². The highest BCUT2D eigenvalue weighted by Crippen LogP contribution is 2.34. The molecule has 0 radical (unpaired) electrons. The smallest absolute Gasteiger partial charge is 0.223 e. The predicted octanol–water partition coefficient (Wildman–Crippen LogP) is 5.63. The van der Waals surface area contributed by atoms with Crippen LogP contribution in [0, 0.1) is 0 Å². The van der Waals surface area contributed by atoms with E-state index in [0.29, 0.717) is 11.2 Å². The highest BCUT2D eigenvalue weighted by Gasteiger charge is 2.15. The highest BCUT2D eigenvalue weighted by atomic mass is 32.2. The van der Waals surface area contributed by atoms with Crippen LogP contribution in [0.4, 0.5) is 0 Å². The maximum Gasteiger partial charge on any atom is 0.223 e. The van der Waals surface area contributed by atoms with E-state index in [1.54, 1.807) is 48.4 Å². The number of aromatic nitrogens is 3. The molecule has 0 saturated carbocycles. The molecule has 0 saturated heterocycles. The van der Waals surface area contributed by atoms with E-state index in [9.17, 15) is 10.2 Å². The van der Waals surface area contributed by atoms with Crippen LogP contribution in [0.2, 0.25) is 0 Å². The molecule has 5 aromatic rings. The first kappa shape index (κ1) is 18.3. The summed E-state index contributed by atoms with van der Waals surface area (Å²) in [5, 5.41) is 24.6. The number of hydrogen-bond acceptors (Lipinski definition) is 5. The zero-order valence-electron chi connectivity index (χ0n) is 15.8. The molecular weight excluding hydrogens is 394 g/mol. The van der Waals surface area contributed by atoms with Crippen LogP contribution in [0.15, 0.2) is 101 Å². The van der Waals surface area contributed by atoms with Crippen LogP contribution in [-0.4, -0.2) is 24.8 Å². The number of nitrogens with zero attached hydrogens (tertiary/aromatic N) is 3. The SMILES string of the molecule is Oc1ccc(-c2cnc3c(-c4ccc(Sc5ccccc5)cc4)cnn3c2O)cc1. The van der Waals surface area contributed by atoms with Crippen LogP contribution < -0.4 is 0 Å². The van der Waals surface area contributed by atoms with Gasteiger partial charge in [-0.25, -0.2) is 4.98 Å². The molecule has 3 aromatic carbocycles. The monoisotopic (exact) mass is 411 g/mol. The van der Waals surface area contributed by atoms with Gasteiger partial charge in [-0.1, -0.05) is 54.2 Å². The van der Waals surface area contributed by atoms with Crippen LogP contribution >= 0.6 is 11.8 Å². The first-order chi connectivity index (χ1) is 14.7. The van der Waals surface area contributed by atoms with Crippen molar-refractivity contribution in [1.82, 2.24) is 14.6 Å². The van der Waals surface area contributed by atoms with Crippen molar-refractivity contribution in [2.75, 3.05) is 0 Å². The minimum Gasteiger partial charge on any atom is -0.508 e. The van der Waals surface area contributed by atoms with Crippen molar-refractivity contribution >= 4 is 17.4 Å². The van der Waals surface area contributed by atoms with Gasteiger partial charge in [0, 0.05) is 21.6 Å². The van der Waals surface area contributed by atoms with Crippen molar-refractivity contribution in [2.24, 2.45) is 0 Å². The Balaban J connectivity index is 1.48. The maximum absolute atomic E-state index is 10.7. The molecule has 5 nitrogen and oxygen atoms in total. The second-order valence-corrected chi connectivity index (χ2v) is 7.92. The van der Waals surface area contributed by atoms with Crippen molar-refractivity contribution in [2.45, 2.75) is 9.79 Å². The lowest BCUT2D eigenvalue weighted by molar-refractivity contribution is 0.437. The van der Waals surface area contributed by atoms with Gasteiger partial charge in [-0.2, -0.15) is 9.61 Å². The molecule has 0 amide bonds. The third-order valence-electron chi connectivity index (χ3n) is 4.82. The van der Waals surface area contributed by atoms with Gasteiger partial charge in [0.2, 0.25) is 5.88 Å². The Kier molecular flexibility index (Phi) is 4.61. The number of rotatable bonds is 4. The number of phenolic OH excluding ortho intramolecular Hbond substituents is 1. The molecule has 6 heteroatoms. The Morgan fingerprint density at radius 1 is 0.667 bits per heavy atom. The summed E-state index contributed by atoms with van der Waals surface area (Å²) >= 11 is 1.71. The average molecular weight is 411 g/mol. The zero-order valence-corrected chi connectivity index (χ0v) is 16.6. The van der Waals surface area contributed by atoms with Crippen molar-refractivity contribution < 1.29 is 10.2 Å². The molecule has 30 heavy (non-hydrogen) atoms. The van der Waals surface area contributed by atoms with Crippen LogP contribution in [0.1, 0.15) is 0 Å². The summed E-state index contributed by atoms with van der Waals surface area (Å²) in [5.41, 5.74) is 3.70. The van der Waals surface area contributed by atoms with Crippen molar-refractivity contribution in [1.29, 1.82) is 0 Å². The summed E-state index contributed by atoms with van der Waals surface area (Å²) in [4.78, 5) is 6.87. The molecule has 0 unspecified atom stereocenters. The molecule has 0 aliphatic carbocycles. The van der Waals surface area contributed by atoms with Crippen LogP contribution in [0.5, 0.6) is 11.6 Å². The maximum atomic E-state index is 10.7. The lowest BCUT2D eigenvalue weighted by atomic mass is 10.1. The average Bonchev–Trinajstić information content (AvgIpc) is 3.21. The van der Waals surface area contributed by atoms with Gasteiger partial charge in [0.15, 0.2) is 5.65 Å². The van der Waals surface area contributed by atoms with Crippen LogP contribution in [-0.2, 0) is 0 Å². The van der Waals surface area contributed by atoms with Crippen molar-refractivity contribution in [3.63, 3.8) is 0 Å². The van der Waals surface area contributed by atoms with Gasteiger partial charge in [0.05, 0.1) is 11.8 Å². The summed E-state index contributed by atoms with van der Waals surface area (Å²) < 4.78 is 1.43. The first-order valence-electron chi connectivity index (χ1n) is 9.37. The summed E-state index contributed by atoms with van der Waals surface area (Å²) in [6.07, 6.45) is 3.34. The van der Waals surface area contributed by atoms with Gasteiger partial charge in [-0.05, 0) is 47.5 Å². The van der Waals surface area contributed by atoms with E-state index in [0.717, 1.165) is 21.6 Å². The third kappa shape index (κ3) is 3.38. The lowest BCUT2D eigenvalue weighted by Gasteiger charge is -2.07. The van der Waals surface area contributed by atoms with Gasteiger partial charge < -0.3 is 10.2 Å².